The first-order valence-electron chi connectivity index (χ1n) is 23.4. The summed E-state index contributed by atoms with van der Waals surface area (Å²) >= 11 is 0. The Labute approximate surface area is 331 Å². The number of aliphatic hydroxyl groups excluding tert-OH is 1. The van der Waals surface area contributed by atoms with E-state index in [0.29, 0.717) is 38.5 Å². The van der Waals surface area contributed by atoms with Gasteiger partial charge in [-0.3, -0.25) is 9.59 Å². The fourth-order valence-electron chi connectivity index (χ4n) is 7.41. The van der Waals surface area contributed by atoms with Gasteiger partial charge in [-0.1, -0.05) is 176 Å². The van der Waals surface area contributed by atoms with Crippen molar-refractivity contribution >= 4 is 11.9 Å². The van der Waals surface area contributed by atoms with Gasteiger partial charge in [-0.2, -0.15) is 0 Å². The third-order valence-corrected chi connectivity index (χ3v) is 11.3. The maximum Gasteiger partial charge on any atom is 0.305 e. The number of carbonyl (C=O) groups is 2. The van der Waals surface area contributed by atoms with Gasteiger partial charge >= 0.3 is 11.9 Å². The van der Waals surface area contributed by atoms with Crippen LogP contribution < -0.4 is 0 Å². The minimum absolute atomic E-state index is 0.0236. The van der Waals surface area contributed by atoms with Crippen LogP contribution in [-0.2, 0) is 19.1 Å². The lowest BCUT2D eigenvalue weighted by Crippen LogP contribution is -2.32. The highest BCUT2D eigenvalue weighted by molar-refractivity contribution is 5.69. The van der Waals surface area contributed by atoms with Gasteiger partial charge in [-0.05, 0) is 75.8 Å². The van der Waals surface area contributed by atoms with Crippen LogP contribution in [0, 0.1) is 11.3 Å². The molecule has 0 fully saturated rings. The minimum Gasteiger partial charge on any atom is -0.466 e. The zero-order chi connectivity index (χ0) is 39.1. The van der Waals surface area contributed by atoms with Gasteiger partial charge in [-0.25, -0.2) is 0 Å². The maximum absolute atomic E-state index is 12.7. The summed E-state index contributed by atoms with van der Waals surface area (Å²) in [4.78, 5) is 27.2. The van der Waals surface area contributed by atoms with Crippen molar-refractivity contribution in [2.24, 2.45) is 11.3 Å². The summed E-state index contributed by atoms with van der Waals surface area (Å²) in [5.74, 6) is 0.449. The number of carbonyl (C=O) groups excluding carboxylic acids is 2. The van der Waals surface area contributed by atoms with Gasteiger partial charge in [-0.15, -0.1) is 0 Å². The van der Waals surface area contributed by atoms with Crippen molar-refractivity contribution in [3.63, 3.8) is 0 Å². The van der Waals surface area contributed by atoms with Gasteiger partial charge in [0.15, 0.2) is 0 Å². The van der Waals surface area contributed by atoms with Crippen LogP contribution in [-0.4, -0.2) is 61.4 Å². The summed E-state index contributed by atoms with van der Waals surface area (Å²) in [5.41, 5.74) is 0.195. The van der Waals surface area contributed by atoms with E-state index in [0.717, 1.165) is 70.9 Å². The lowest BCUT2D eigenvalue weighted by molar-refractivity contribution is -0.145. The second-order valence-electron chi connectivity index (χ2n) is 17.2. The summed E-state index contributed by atoms with van der Waals surface area (Å²) < 4.78 is 11.3. The fourth-order valence-corrected chi connectivity index (χ4v) is 7.41. The highest BCUT2D eigenvalue weighted by Gasteiger charge is 2.19. The van der Waals surface area contributed by atoms with E-state index in [1.54, 1.807) is 0 Å². The molecule has 0 amide bonds. The molecule has 0 saturated carbocycles. The van der Waals surface area contributed by atoms with Crippen LogP contribution in [0.25, 0.3) is 0 Å². The molecule has 0 aliphatic heterocycles. The van der Waals surface area contributed by atoms with E-state index in [1.165, 1.54) is 135 Å². The summed E-state index contributed by atoms with van der Waals surface area (Å²) in [5, 5.41) is 9.68. The van der Waals surface area contributed by atoms with Gasteiger partial charge < -0.3 is 19.5 Å². The molecule has 0 aromatic carbocycles. The molecule has 0 aliphatic carbocycles. The number of nitrogens with zero attached hydrogens (tertiary/aromatic N) is 1. The van der Waals surface area contributed by atoms with E-state index in [4.69, 9.17) is 9.47 Å². The second kappa shape index (κ2) is 39.1. The molecule has 0 aromatic rings. The molecule has 0 aromatic heterocycles. The molecule has 6 nitrogen and oxygen atoms in total. The van der Waals surface area contributed by atoms with E-state index in [2.05, 4.69) is 39.5 Å². The Kier molecular flexibility index (Phi) is 38.3. The first-order chi connectivity index (χ1) is 25.8. The normalized spacial score (nSPS) is 11.9. The molecular formula is C47H93NO5. The van der Waals surface area contributed by atoms with Crippen LogP contribution in [0.5, 0.6) is 0 Å². The molecular weight excluding hydrogens is 659 g/mol. The molecule has 1 N–H and O–H groups in total. The number of hydrogen-bond acceptors (Lipinski definition) is 6. The summed E-state index contributed by atoms with van der Waals surface area (Å²) in [6.07, 6.45) is 37.7. The molecule has 6 heteroatoms. The quantitative estimate of drug-likeness (QED) is 0.0494. The van der Waals surface area contributed by atoms with Crippen molar-refractivity contribution in [2.75, 3.05) is 39.5 Å². The largest absolute Gasteiger partial charge is 0.466 e. The lowest BCUT2D eigenvalue weighted by Gasteiger charge is -2.29. The molecule has 316 valence electrons. The molecule has 0 rings (SSSR count). The topological polar surface area (TPSA) is 76.1 Å². The van der Waals surface area contributed by atoms with Gasteiger partial charge in [0.25, 0.3) is 0 Å². The molecule has 0 aliphatic rings. The Balaban J connectivity index is 4.24. The number of unbranched alkanes of at least 4 members (excludes halogenated alkanes) is 21. The predicted octanol–water partition coefficient (Wildman–Crippen LogP) is 13.6. The highest BCUT2D eigenvalue weighted by atomic mass is 16.5. The minimum atomic E-state index is -0.0435. The summed E-state index contributed by atoms with van der Waals surface area (Å²) in [6, 6.07) is 0. The standard InChI is InChI=1S/C47H93NO5/c1-6-9-12-15-18-21-25-32-44(33-26-22-19-16-13-10-7-2)43-53-46(51)34-27-24-30-38-48(40-41-49)39-37-47(4,5)36-29-28-35-45(50)52-42-31-23-20-17-14-11-8-3/h44,49H,6-43H2,1-5H3. The molecule has 0 saturated heterocycles. The number of esters is 2. The molecule has 0 bridgehead atoms. The van der Waals surface area contributed by atoms with Crippen molar-refractivity contribution < 1.29 is 24.2 Å². The highest BCUT2D eigenvalue weighted by Crippen LogP contribution is 2.28. The van der Waals surface area contributed by atoms with E-state index in [-0.39, 0.29) is 24.0 Å². The molecule has 53 heavy (non-hydrogen) atoms. The Morgan fingerprint density at radius 3 is 1.49 bits per heavy atom. The first-order valence-corrected chi connectivity index (χ1v) is 23.4. The van der Waals surface area contributed by atoms with Crippen molar-refractivity contribution in [3.8, 4) is 0 Å². The van der Waals surface area contributed by atoms with Crippen LogP contribution in [0.15, 0.2) is 0 Å². The maximum atomic E-state index is 12.7. The Hall–Kier alpha value is -1.14. The SMILES string of the molecule is CCCCCCCCCOC(=O)CCCCC(C)(C)CCN(CCO)CCCCCC(=O)OCC(CCCCCCCCC)CCCCCCCCC. The van der Waals surface area contributed by atoms with E-state index in [1.807, 2.05) is 0 Å². The number of aliphatic hydroxyl groups is 1. The smallest absolute Gasteiger partial charge is 0.305 e. The van der Waals surface area contributed by atoms with Gasteiger partial charge in [0, 0.05) is 19.4 Å². The molecule has 0 atom stereocenters. The monoisotopic (exact) mass is 752 g/mol. The lowest BCUT2D eigenvalue weighted by atomic mass is 9.83. The predicted molar refractivity (Wildman–Crippen MR) is 227 cm³/mol. The summed E-state index contributed by atoms with van der Waals surface area (Å²) in [6.45, 7) is 15.4. The van der Waals surface area contributed by atoms with Crippen LogP contribution in [0.1, 0.15) is 240 Å². The third kappa shape index (κ3) is 37.6. The molecule has 0 radical (unpaired) electrons. The Morgan fingerprint density at radius 2 is 0.962 bits per heavy atom. The molecule has 0 spiro atoms. The molecule has 0 unspecified atom stereocenters. The fraction of sp³-hybridized carbons (Fsp3) is 0.957. The average molecular weight is 752 g/mol. The Bertz CT molecular complexity index is 769. The van der Waals surface area contributed by atoms with Crippen LogP contribution in [0.4, 0.5) is 0 Å². The van der Waals surface area contributed by atoms with Crippen molar-refractivity contribution in [2.45, 2.75) is 240 Å². The first kappa shape index (κ1) is 51.9. The van der Waals surface area contributed by atoms with Crippen LogP contribution in [0.3, 0.4) is 0 Å². The van der Waals surface area contributed by atoms with Crippen molar-refractivity contribution in [1.82, 2.24) is 4.90 Å². The molecule has 0 heterocycles. The Morgan fingerprint density at radius 1 is 0.509 bits per heavy atom. The van der Waals surface area contributed by atoms with Crippen LogP contribution >= 0.6 is 0 Å². The summed E-state index contributed by atoms with van der Waals surface area (Å²) in [7, 11) is 0. The van der Waals surface area contributed by atoms with Crippen molar-refractivity contribution in [3.05, 3.63) is 0 Å². The number of hydrogen-bond donors (Lipinski definition) is 1. The van der Waals surface area contributed by atoms with Gasteiger partial charge in [0.2, 0.25) is 0 Å². The van der Waals surface area contributed by atoms with Crippen LogP contribution in [0.2, 0.25) is 0 Å². The van der Waals surface area contributed by atoms with E-state index < -0.39 is 0 Å². The number of rotatable bonds is 42. The van der Waals surface area contributed by atoms with Gasteiger partial charge in [0.1, 0.15) is 0 Å². The van der Waals surface area contributed by atoms with Crippen molar-refractivity contribution in [1.29, 1.82) is 0 Å². The average Bonchev–Trinajstić information content (AvgIpc) is 3.14. The van der Waals surface area contributed by atoms with Gasteiger partial charge in [0.05, 0.1) is 19.8 Å². The second-order valence-corrected chi connectivity index (χ2v) is 17.2. The zero-order valence-corrected chi connectivity index (χ0v) is 36.5. The van der Waals surface area contributed by atoms with E-state index >= 15 is 0 Å². The van der Waals surface area contributed by atoms with E-state index in [9.17, 15) is 14.7 Å². The third-order valence-electron chi connectivity index (χ3n) is 11.3. The number of ether oxygens (including phenoxy) is 2. The zero-order valence-electron chi connectivity index (χ0n) is 36.5.